The molecule has 0 unspecified atom stereocenters. The lowest BCUT2D eigenvalue weighted by Gasteiger charge is -2.35. The van der Waals surface area contributed by atoms with E-state index in [2.05, 4.69) is 15.6 Å². The van der Waals surface area contributed by atoms with E-state index in [1.54, 1.807) is 31.4 Å². The van der Waals surface area contributed by atoms with Crippen molar-refractivity contribution in [3.63, 3.8) is 0 Å². The number of carbonyl (C=O) groups excluding carboxylic acids is 2. The number of amides is 2. The smallest absolute Gasteiger partial charge is 0.339 e. The van der Waals surface area contributed by atoms with Crippen molar-refractivity contribution < 1.29 is 24.2 Å². The van der Waals surface area contributed by atoms with Gasteiger partial charge < -0.3 is 25.4 Å². The van der Waals surface area contributed by atoms with Crippen molar-refractivity contribution in [2.24, 2.45) is 0 Å². The second kappa shape index (κ2) is 11.6. The molecule has 0 radical (unpaired) electrons. The molecule has 2 heterocycles. The molecule has 0 bridgehead atoms. The van der Waals surface area contributed by atoms with Gasteiger partial charge >= 0.3 is 5.97 Å². The van der Waals surface area contributed by atoms with Crippen molar-refractivity contribution in [2.45, 2.75) is 0 Å². The van der Waals surface area contributed by atoms with Crippen LogP contribution in [0.5, 0.6) is 0 Å². The first kappa shape index (κ1) is 24.4. The van der Waals surface area contributed by atoms with Crippen LogP contribution in [0, 0.1) is 0 Å². The fourth-order valence-electron chi connectivity index (χ4n) is 3.45. The Balaban J connectivity index is 1.63. The summed E-state index contributed by atoms with van der Waals surface area (Å²) in [6.07, 6.45) is 1.42. The molecule has 2 amide bonds. The van der Waals surface area contributed by atoms with E-state index in [-0.39, 0.29) is 29.3 Å². The van der Waals surface area contributed by atoms with Crippen LogP contribution in [0.1, 0.15) is 20.7 Å². The highest BCUT2D eigenvalue weighted by molar-refractivity contribution is 6.34. The highest BCUT2D eigenvalue weighted by Gasteiger charge is 2.24. The van der Waals surface area contributed by atoms with E-state index in [9.17, 15) is 19.5 Å². The molecular formula is C22H26ClN5O5. The van der Waals surface area contributed by atoms with E-state index in [0.29, 0.717) is 50.2 Å². The van der Waals surface area contributed by atoms with Crippen molar-refractivity contribution in [1.82, 2.24) is 15.2 Å². The van der Waals surface area contributed by atoms with Crippen LogP contribution in [0.25, 0.3) is 0 Å². The summed E-state index contributed by atoms with van der Waals surface area (Å²) >= 11 is 6.06. The van der Waals surface area contributed by atoms with Crippen LogP contribution < -0.4 is 15.5 Å². The van der Waals surface area contributed by atoms with E-state index in [1.807, 2.05) is 9.80 Å². The zero-order valence-electron chi connectivity index (χ0n) is 18.2. The number of halogens is 1. The number of benzene rings is 1. The van der Waals surface area contributed by atoms with Crippen LogP contribution in [0.2, 0.25) is 5.02 Å². The van der Waals surface area contributed by atoms with Gasteiger partial charge in [0.2, 0.25) is 5.91 Å². The lowest BCUT2D eigenvalue weighted by atomic mass is 10.2. The lowest BCUT2D eigenvalue weighted by Crippen LogP contribution is -2.50. The predicted octanol–water partition coefficient (Wildman–Crippen LogP) is 1.57. The number of nitrogens with one attached hydrogen (secondary N) is 2. The monoisotopic (exact) mass is 475 g/mol. The molecule has 2 aromatic rings. The van der Waals surface area contributed by atoms with Crippen molar-refractivity contribution >= 4 is 40.9 Å². The number of anilines is 2. The minimum absolute atomic E-state index is 0.0160. The molecule has 1 aromatic carbocycles. The van der Waals surface area contributed by atoms with Crippen molar-refractivity contribution in [3.05, 3.63) is 52.7 Å². The van der Waals surface area contributed by atoms with Gasteiger partial charge in [0.1, 0.15) is 11.4 Å². The topological polar surface area (TPSA) is 124 Å². The quantitative estimate of drug-likeness (QED) is 0.467. The summed E-state index contributed by atoms with van der Waals surface area (Å²) in [4.78, 5) is 44.5. The van der Waals surface area contributed by atoms with Crippen LogP contribution in [-0.2, 0) is 9.53 Å². The molecule has 0 spiro atoms. The molecule has 3 N–H and O–H groups in total. The zero-order chi connectivity index (χ0) is 23.8. The Morgan fingerprint density at radius 2 is 1.88 bits per heavy atom. The maximum Gasteiger partial charge on any atom is 0.339 e. The highest BCUT2D eigenvalue weighted by Crippen LogP contribution is 2.24. The Labute approximate surface area is 196 Å². The average Bonchev–Trinajstić information content (AvgIpc) is 2.80. The SMILES string of the molecule is COCCNC(=O)CN1CCN(c2ncc(NC(=O)c3ccccc3Cl)cc2C(=O)O)CC1. The third-order valence-electron chi connectivity index (χ3n) is 5.14. The van der Waals surface area contributed by atoms with E-state index < -0.39 is 11.9 Å². The number of ether oxygens (including phenoxy) is 1. The summed E-state index contributed by atoms with van der Waals surface area (Å²) in [5.74, 6) is -1.36. The number of aromatic carboxylic acids is 1. The molecule has 11 heteroatoms. The van der Waals surface area contributed by atoms with Gasteiger partial charge in [-0.05, 0) is 18.2 Å². The van der Waals surface area contributed by atoms with E-state index >= 15 is 0 Å². The number of carboxylic acid groups (broad SMARTS) is 1. The second-order valence-electron chi connectivity index (χ2n) is 7.44. The number of nitrogens with zero attached hydrogens (tertiary/aromatic N) is 3. The molecule has 1 aromatic heterocycles. The van der Waals surface area contributed by atoms with Gasteiger partial charge in [-0.3, -0.25) is 14.5 Å². The molecule has 33 heavy (non-hydrogen) atoms. The van der Waals surface area contributed by atoms with Gasteiger partial charge in [-0.15, -0.1) is 0 Å². The number of carbonyl (C=O) groups is 3. The van der Waals surface area contributed by atoms with Crippen LogP contribution in [-0.4, -0.2) is 85.8 Å². The normalized spacial score (nSPS) is 14.1. The molecule has 0 aliphatic carbocycles. The fraction of sp³-hybridized carbons (Fsp3) is 0.364. The van der Waals surface area contributed by atoms with Crippen molar-refractivity contribution in [1.29, 1.82) is 0 Å². The summed E-state index contributed by atoms with van der Waals surface area (Å²) in [6, 6.07) is 7.96. The lowest BCUT2D eigenvalue weighted by molar-refractivity contribution is -0.122. The number of methoxy groups -OCH3 is 1. The third kappa shape index (κ3) is 6.64. The van der Waals surface area contributed by atoms with E-state index in [0.717, 1.165) is 0 Å². The zero-order valence-corrected chi connectivity index (χ0v) is 19.0. The average molecular weight is 476 g/mol. The molecule has 1 aliphatic heterocycles. The summed E-state index contributed by atoms with van der Waals surface area (Å²) in [6.45, 7) is 3.39. The maximum atomic E-state index is 12.5. The standard InChI is InChI=1S/C22H26ClN5O5/c1-33-11-6-24-19(29)14-27-7-9-28(10-8-27)20-17(22(31)32)12-15(13-25-20)26-21(30)16-4-2-3-5-18(16)23/h2-5,12-13H,6-11,14H2,1H3,(H,24,29)(H,26,30)(H,31,32). The second-order valence-corrected chi connectivity index (χ2v) is 7.85. The predicted molar refractivity (Wildman–Crippen MR) is 124 cm³/mol. The van der Waals surface area contributed by atoms with Gasteiger partial charge in [0.05, 0.1) is 35.6 Å². The molecule has 0 atom stereocenters. The Morgan fingerprint density at radius 1 is 1.15 bits per heavy atom. The molecule has 176 valence electrons. The fourth-order valence-corrected chi connectivity index (χ4v) is 3.67. The number of piperazine rings is 1. The maximum absolute atomic E-state index is 12.5. The first-order valence-electron chi connectivity index (χ1n) is 10.4. The number of hydrogen-bond acceptors (Lipinski definition) is 7. The van der Waals surface area contributed by atoms with E-state index in [4.69, 9.17) is 16.3 Å². The van der Waals surface area contributed by atoms with Gasteiger partial charge in [-0.25, -0.2) is 9.78 Å². The Kier molecular flexibility index (Phi) is 8.58. The van der Waals surface area contributed by atoms with Crippen LogP contribution in [0.3, 0.4) is 0 Å². The van der Waals surface area contributed by atoms with Gasteiger partial charge in [0.25, 0.3) is 5.91 Å². The number of hydrogen-bond donors (Lipinski definition) is 3. The molecule has 1 fully saturated rings. The summed E-state index contributed by atoms with van der Waals surface area (Å²) < 4.78 is 4.91. The Morgan fingerprint density at radius 3 is 2.55 bits per heavy atom. The number of pyridine rings is 1. The molecule has 1 aliphatic rings. The molecule has 1 saturated heterocycles. The van der Waals surface area contributed by atoms with E-state index in [1.165, 1.54) is 12.3 Å². The van der Waals surface area contributed by atoms with Crippen LogP contribution in [0.4, 0.5) is 11.5 Å². The molecule has 0 saturated carbocycles. The third-order valence-corrected chi connectivity index (χ3v) is 5.47. The Hall–Kier alpha value is -3.21. The molecule has 10 nitrogen and oxygen atoms in total. The summed E-state index contributed by atoms with van der Waals surface area (Å²) in [5, 5.41) is 15.4. The number of rotatable bonds is 9. The number of aromatic nitrogens is 1. The minimum Gasteiger partial charge on any atom is -0.478 e. The number of carboxylic acids is 1. The summed E-state index contributed by atoms with van der Waals surface area (Å²) in [5.41, 5.74) is 0.521. The first-order valence-corrected chi connectivity index (χ1v) is 10.8. The van der Waals surface area contributed by atoms with Crippen LogP contribution >= 0.6 is 11.6 Å². The van der Waals surface area contributed by atoms with Gasteiger partial charge in [0.15, 0.2) is 0 Å². The molecule has 3 rings (SSSR count). The first-order chi connectivity index (χ1) is 15.9. The largest absolute Gasteiger partial charge is 0.478 e. The van der Waals surface area contributed by atoms with Gasteiger partial charge in [0, 0.05) is 39.8 Å². The van der Waals surface area contributed by atoms with Crippen molar-refractivity contribution in [3.8, 4) is 0 Å². The minimum atomic E-state index is -1.15. The Bertz CT molecular complexity index is 1010. The van der Waals surface area contributed by atoms with Crippen molar-refractivity contribution in [2.75, 3.05) is 63.2 Å². The van der Waals surface area contributed by atoms with Gasteiger partial charge in [-0.1, -0.05) is 23.7 Å². The molecular weight excluding hydrogens is 450 g/mol. The van der Waals surface area contributed by atoms with Crippen LogP contribution in [0.15, 0.2) is 36.5 Å². The van der Waals surface area contributed by atoms with Gasteiger partial charge in [-0.2, -0.15) is 0 Å². The highest BCUT2D eigenvalue weighted by atomic mass is 35.5. The summed E-state index contributed by atoms with van der Waals surface area (Å²) in [7, 11) is 1.57.